The minimum atomic E-state index is -0.594. The molecule has 0 saturated carbocycles. The van der Waals surface area contributed by atoms with Crippen LogP contribution < -0.4 is 4.90 Å². The van der Waals surface area contributed by atoms with Crippen LogP contribution in [0.2, 0.25) is 0 Å². The van der Waals surface area contributed by atoms with Crippen molar-refractivity contribution in [3.8, 4) is 0 Å². The molecule has 2 amide bonds. The molecule has 1 aromatic rings. The number of imide groups is 1. The molecule has 2 unspecified atom stereocenters. The molecule has 5 heteroatoms. The minimum absolute atomic E-state index is 0.186. The van der Waals surface area contributed by atoms with Crippen LogP contribution in [0.1, 0.15) is 5.56 Å². The van der Waals surface area contributed by atoms with Gasteiger partial charge in [-0.25, -0.2) is 4.90 Å². The van der Waals surface area contributed by atoms with Gasteiger partial charge in [0.15, 0.2) is 6.04 Å². The van der Waals surface area contributed by atoms with Gasteiger partial charge in [-0.3, -0.25) is 9.59 Å². The first-order valence-corrected chi connectivity index (χ1v) is 5.49. The quantitative estimate of drug-likeness (QED) is 0.682. The van der Waals surface area contributed by atoms with E-state index in [9.17, 15) is 9.59 Å². The summed E-state index contributed by atoms with van der Waals surface area (Å²) in [6.07, 6.45) is 0. The van der Waals surface area contributed by atoms with Crippen LogP contribution in [0.3, 0.4) is 0 Å². The Kier molecular flexibility index (Phi) is 2.07. The number of rotatable bonds is 1. The summed E-state index contributed by atoms with van der Waals surface area (Å²) in [5.74, 6) is -0.831. The van der Waals surface area contributed by atoms with Crippen molar-refractivity contribution in [2.45, 2.75) is 13.0 Å². The van der Waals surface area contributed by atoms with Gasteiger partial charge in [0.2, 0.25) is 5.91 Å². The third-order valence-electron chi connectivity index (χ3n) is 3.17. The predicted molar refractivity (Wildman–Crippen MR) is 60.7 cm³/mol. The number of aryl methyl sites for hydroxylation is 1. The van der Waals surface area contributed by atoms with Gasteiger partial charge in [0, 0.05) is 0 Å². The summed E-state index contributed by atoms with van der Waals surface area (Å²) >= 11 is 0. The van der Waals surface area contributed by atoms with Crippen LogP contribution in [0.4, 0.5) is 5.69 Å². The first-order valence-electron chi connectivity index (χ1n) is 5.49. The number of amides is 2. The van der Waals surface area contributed by atoms with Gasteiger partial charge in [0.1, 0.15) is 0 Å². The van der Waals surface area contributed by atoms with Crippen molar-refractivity contribution >= 4 is 17.5 Å². The maximum atomic E-state index is 12.1. The third kappa shape index (κ3) is 1.39. The molecule has 1 aromatic carbocycles. The van der Waals surface area contributed by atoms with Crippen molar-refractivity contribution in [3.63, 3.8) is 0 Å². The van der Waals surface area contributed by atoms with E-state index in [2.05, 4.69) is 10.2 Å². The molecular formula is C12H11N3O2. The molecule has 17 heavy (non-hydrogen) atoms. The van der Waals surface area contributed by atoms with Gasteiger partial charge in [0.05, 0.1) is 18.2 Å². The van der Waals surface area contributed by atoms with Gasteiger partial charge in [-0.05, 0) is 19.1 Å². The van der Waals surface area contributed by atoms with E-state index in [0.717, 1.165) is 5.56 Å². The second-order valence-corrected chi connectivity index (χ2v) is 4.34. The lowest BCUT2D eigenvalue weighted by Gasteiger charge is -2.14. The molecule has 2 aliphatic rings. The van der Waals surface area contributed by atoms with E-state index < -0.39 is 6.04 Å². The van der Waals surface area contributed by atoms with Crippen molar-refractivity contribution in [1.82, 2.24) is 0 Å². The molecule has 0 N–H and O–H groups in total. The van der Waals surface area contributed by atoms with Gasteiger partial charge >= 0.3 is 0 Å². The summed E-state index contributed by atoms with van der Waals surface area (Å²) in [5, 5.41) is 7.60. The minimum Gasteiger partial charge on any atom is -0.274 e. The Labute approximate surface area is 98.1 Å². The molecule has 86 valence electrons. The number of azo groups is 1. The lowest BCUT2D eigenvalue weighted by molar-refractivity contribution is -0.122. The number of anilines is 1. The zero-order valence-electron chi connectivity index (χ0n) is 9.33. The highest BCUT2D eigenvalue weighted by Crippen LogP contribution is 2.32. The third-order valence-corrected chi connectivity index (χ3v) is 3.17. The molecule has 0 radical (unpaired) electrons. The second kappa shape index (κ2) is 3.48. The van der Waals surface area contributed by atoms with Crippen LogP contribution in [0.25, 0.3) is 0 Å². The van der Waals surface area contributed by atoms with Gasteiger partial charge < -0.3 is 0 Å². The standard InChI is InChI=1S/C12H11N3O2/c1-7-2-4-8(5-3-7)15-11(16)9-6-13-14-10(9)12(15)17/h2-5,9-10H,6H2,1H3. The molecule has 1 fully saturated rings. The Hall–Kier alpha value is -2.04. The molecule has 0 aromatic heterocycles. The van der Waals surface area contributed by atoms with E-state index in [1.54, 1.807) is 12.1 Å². The number of fused-ring (bicyclic) bond motifs is 1. The van der Waals surface area contributed by atoms with Gasteiger partial charge in [-0.1, -0.05) is 17.7 Å². The number of benzene rings is 1. The zero-order valence-corrected chi connectivity index (χ0v) is 9.33. The number of hydrogen-bond donors (Lipinski definition) is 0. The average molecular weight is 229 g/mol. The van der Waals surface area contributed by atoms with Crippen molar-refractivity contribution in [2.24, 2.45) is 16.1 Å². The second-order valence-electron chi connectivity index (χ2n) is 4.34. The fourth-order valence-corrected chi connectivity index (χ4v) is 2.19. The van der Waals surface area contributed by atoms with Crippen LogP contribution in [0.5, 0.6) is 0 Å². The van der Waals surface area contributed by atoms with Gasteiger partial charge in [-0.2, -0.15) is 10.2 Å². The first-order chi connectivity index (χ1) is 8.18. The number of nitrogens with zero attached hydrogens (tertiary/aromatic N) is 3. The molecule has 0 bridgehead atoms. The van der Waals surface area contributed by atoms with E-state index in [0.29, 0.717) is 12.2 Å². The number of carbonyl (C=O) groups is 2. The lowest BCUT2D eigenvalue weighted by Crippen LogP contribution is -2.31. The number of hydrogen-bond acceptors (Lipinski definition) is 4. The zero-order chi connectivity index (χ0) is 12.0. The maximum absolute atomic E-state index is 12.1. The fraction of sp³-hybridized carbons (Fsp3) is 0.333. The van der Waals surface area contributed by atoms with E-state index in [1.807, 2.05) is 19.1 Å². The molecule has 2 aliphatic heterocycles. The van der Waals surface area contributed by atoms with Crippen molar-refractivity contribution in [3.05, 3.63) is 29.8 Å². The predicted octanol–water partition coefficient (Wildman–Crippen LogP) is 1.32. The lowest BCUT2D eigenvalue weighted by atomic mass is 10.1. The van der Waals surface area contributed by atoms with Crippen LogP contribution in [-0.2, 0) is 9.59 Å². The Morgan fingerprint density at radius 1 is 1.18 bits per heavy atom. The van der Waals surface area contributed by atoms with Crippen molar-refractivity contribution in [2.75, 3.05) is 11.4 Å². The van der Waals surface area contributed by atoms with Crippen LogP contribution in [-0.4, -0.2) is 24.4 Å². The molecule has 5 nitrogen and oxygen atoms in total. The van der Waals surface area contributed by atoms with Gasteiger partial charge in [-0.15, -0.1) is 0 Å². The van der Waals surface area contributed by atoms with Gasteiger partial charge in [0.25, 0.3) is 5.91 Å². The molecule has 1 saturated heterocycles. The highest BCUT2D eigenvalue weighted by Gasteiger charge is 2.50. The maximum Gasteiger partial charge on any atom is 0.261 e. The molecule has 0 spiro atoms. The molecule has 0 aliphatic carbocycles. The van der Waals surface area contributed by atoms with Crippen LogP contribution in [0.15, 0.2) is 34.5 Å². The smallest absolute Gasteiger partial charge is 0.261 e. The summed E-state index contributed by atoms with van der Waals surface area (Å²) < 4.78 is 0. The summed E-state index contributed by atoms with van der Waals surface area (Å²) in [6, 6.07) is 6.73. The Morgan fingerprint density at radius 3 is 2.53 bits per heavy atom. The van der Waals surface area contributed by atoms with Crippen molar-refractivity contribution < 1.29 is 9.59 Å². The van der Waals surface area contributed by atoms with E-state index in [1.165, 1.54) is 4.90 Å². The SMILES string of the molecule is Cc1ccc(N2C(=O)C3CN=NC3C2=O)cc1. The Bertz CT molecular complexity index is 521. The highest BCUT2D eigenvalue weighted by atomic mass is 16.2. The van der Waals surface area contributed by atoms with Crippen molar-refractivity contribution in [1.29, 1.82) is 0 Å². The highest BCUT2D eigenvalue weighted by molar-refractivity contribution is 6.23. The van der Waals surface area contributed by atoms with E-state index in [4.69, 9.17) is 0 Å². The normalized spacial score (nSPS) is 26.8. The van der Waals surface area contributed by atoms with E-state index in [-0.39, 0.29) is 17.7 Å². The molecule has 3 rings (SSSR count). The number of carbonyl (C=O) groups excluding carboxylic acids is 2. The average Bonchev–Trinajstić information content (AvgIpc) is 2.87. The molecular weight excluding hydrogens is 218 g/mol. The summed E-state index contributed by atoms with van der Waals surface area (Å²) in [4.78, 5) is 25.3. The molecule has 2 atom stereocenters. The topological polar surface area (TPSA) is 62.1 Å². The van der Waals surface area contributed by atoms with E-state index >= 15 is 0 Å². The Morgan fingerprint density at radius 2 is 1.88 bits per heavy atom. The Balaban J connectivity index is 1.99. The van der Waals surface area contributed by atoms with Crippen LogP contribution in [0, 0.1) is 12.8 Å². The first kappa shape index (κ1) is 10.1. The largest absolute Gasteiger partial charge is 0.274 e. The monoisotopic (exact) mass is 229 g/mol. The summed E-state index contributed by atoms with van der Waals surface area (Å²) in [6.45, 7) is 2.29. The summed E-state index contributed by atoms with van der Waals surface area (Å²) in [5.41, 5.74) is 1.71. The fourth-order valence-electron chi connectivity index (χ4n) is 2.19. The summed E-state index contributed by atoms with van der Waals surface area (Å²) in [7, 11) is 0. The van der Waals surface area contributed by atoms with Crippen LogP contribution >= 0.6 is 0 Å². The molecule has 2 heterocycles.